The summed E-state index contributed by atoms with van der Waals surface area (Å²) in [5.74, 6) is -0.105. The number of para-hydroxylation sites is 1. The summed E-state index contributed by atoms with van der Waals surface area (Å²) in [7, 11) is 0. The van der Waals surface area contributed by atoms with Crippen molar-refractivity contribution in [3.05, 3.63) is 36.0 Å². The fraction of sp³-hybridized carbons (Fsp3) is 0.471. The quantitative estimate of drug-likeness (QED) is 0.908. The van der Waals surface area contributed by atoms with Crippen molar-refractivity contribution in [2.75, 3.05) is 0 Å². The molecule has 2 rings (SSSR count). The Labute approximate surface area is 125 Å². The fourth-order valence-electron chi connectivity index (χ4n) is 2.24. The smallest absolute Gasteiger partial charge is 0.240 e. The average molecular weight is 288 g/mol. The topological polar surface area (TPSA) is 54.3 Å². The summed E-state index contributed by atoms with van der Waals surface area (Å²) >= 11 is 0. The average Bonchev–Trinajstić information content (AvgIpc) is 2.64. The third-order valence-electron chi connectivity index (χ3n) is 4.30. The molecule has 0 fully saturated rings. The maximum Gasteiger partial charge on any atom is 0.240 e. The first-order valence-electron chi connectivity index (χ1n) is 7.20. The minimum absolute atomic E-state index is 0.105. The van der Waals surface area contributed by atoms with E-state index in [0.29, 0.717) is 0 Å². The molecule has 0 unspecified atom stereocenters. The van der Waals surface area contributed by atoms with Crippen molar-refractivity contribution < 1.29 is 9.90 Å². The minimum atomic E-state index is -0.990. The minimum Gasteiger partial charge on any atom is -0.388 e. The van der Waals surface area contributed by atoms with E-state index in [9.17, 15) is 9.90 Å². The molecule has 1 heterocycles. The van der Waals surface area contributed by atoms with E-state index >= 15 is 0 Å². The van der Waals surface area contributed by atoms with Gasteiger partial charge < -0.3 is 15.0 Å². The standard InChI is InChI=1S/C17H24N2O2/c1-12-10-13-8-6-7-9-14(13)19(12)11-15(20)18-16(2,3)17(4,5)21/h6-10,21H,11H2,1-5H3,(H,18,20). The molecule has 1 amide bonds. The van der Waals surface area contributed by atoms with E-state index in [0.717, 1.165) is 16.6 Å². The molecule has 0 saturated heterocycles. The molecule has 0 radical (unpaired) electrons. The van der Waals surface area contributed by atoms with E-state index in [4.69, 9.17) is 0 Å². The summed E-state index contributed by atoms with van der Waals surface area (Å²) in [6.45, 7) is 9.29. The summed E-state index contributed by atoms with van der Waals surface area (Å²) in [6.07, 6.45) is 0. The number of carbonyl (C=O) groups is 1. The van der Waals surface area contributed by atoms with Gasteiger partial charge in [0.2, 0.25) is 5.91 Å². The Kier molecular flexibility index (Phi) is 3.85. The van der Waals surface area contributed by atoms with Gasteiger partial charge >= 0.3 is 0 Å². The van der Waals surface area contributed by atoms with Crippen molar-refractivity contribution in [1.29, 1.82) is 0 Å². The second-order valence-corrected chi connectivity index (χ2v) is 6.66. The maximum absolute atomic E-state index is 12.3. The highest BCUT2D eigenvalue weighted by Crippen LogP contribution is 2.22. The SMILES string of the molecule is Cc1cc2ccccc2n1CC(=O)NC(C)(C)C(C)(C)O. The van der Waals surface area contributed by atoms with E-state index in [1.807, 2.05) is 49.6 Å². The Morgan fingerprint density at radius 2 is 1.86 bits per heavy atom. The van der Waals surface area contributed by atoms with Crippen LogP contribution >= 0.6 is 0 Å². The molecule has 2 aromatic rings. The molecule has 4 heteroatoms. The second kappa shape index (κ2) is 5.19. The van der Waals surface area contributed by atoms with E-state index < -0.39 is 11.1 Å². The van der Waals surface area contributed by atoms with E-state index in [2.05, 4.69) is 11.4 Å². The summed E-state index contributed by atoms with van der Waals surface area (Å²) in [5.41, 5.74) is 0.413. The Bertz CT molecular complexity index is 663. The number of rotatable bonds is 4. The van der Waals surface area contributed by atoms with Gasteiger partial charge in [-0.05, 0) is 52.1 Å². The molecular formula is C17H24N2O2. The number of amides is 1. The van der Waals surface area contributed by atoms with Gasteiger partial charge in [-0.15, -0.1) is 0 Å². The van der Waals surface area contributed by atoms with Crippen LogP contribution in [0.4, 0.5) is 0 Å². The Morgan fingerprint density at radius 3 is 2.48 bits per heavy atom. The number of fused-ring (bicyclic) bond motifs is 1. The second-order valence-electron chi connectivity index (χ2n) is 6.66. The predicted molar refractivity (Wildman–Crippen MR) is 85.2 cm³/mol. The van der Waals surface area contributed by atoms with Crippen LogP contribution < -0.4 is 5.32 Å². The van der Waals surface area contributed by atoms with Crippen LogP contribution in [0.15, 0.2) is 30.3 Å². The zero-order chi connectivity index (χ0) is 15.8. The molecule has 0 saturated carbocycles. The van der Waals surface area contributed by atoms with Gasteiger partial charge in [-0.1, -0.05) is 18.2 Å². The highest BCUT2D eigenvalue weighted by atomic mass is 16.3. The van der Waals surface area contributed by atoms with Gasteiger partial charge in [-0.2, -0.15) is 0 Å². The number of aryl methyl sites for hydroxylation is 1. The number of aliphatic hydroxyl groups is 1. The van der Waals surface area contributed by atoms with Crippen molar-refractivity contribution in [2.45, 2.75) is 52.3 Å². The van der Waals surface area contributed by atoms with Crippen molar-refractivity contribution in [1.82, 2.24) is 9.88 Å². The van der Waals surface area contributed by atoms with Crippen molar-refractivity contribution in [3.63, 3.8) is 0 Å². The molecular weight excluding hydrogens is 264 g/mol. The number of benzene rings is 1. The molecule has 21 heavy (non-hydrogen) atoms. The molecule has 0 spiro atoms. The Balaban J connectivity index is 2.21. The van der Waals surface area contributed by atoms with Gasteiger partial charge in [0.25, 0.3) is 0 Å². The van der Waals surface area contributed by atoms with Crippen LogP contribution in [0.3, 0.4) is 0 Å². The van der Waals surface area contributed by atoms with Crippen molar-refractivity contribution in [3.8, 4) is 0 Å². The number of hydrogen-bond acceptors (Lipinski definition) is 2. The number of aromatic nitrogens is 1. The molecule has 0 bridgehead atoms. The summed E-state index contributed by atoms with van der Waals surface area (Å²) in [6, 6.07) is 10.1. The Morgan fingerprint density at radius 1 is 1.24 bits per heavy atom. The first-order valence-corrected chi connectivity index (χ1v) is 7.20. The van der Waals surface area contributed by atoms with Crippen LogP contribution in [0.25, 0.3) is 10.9 Å². The van der Waals surface area contributed by atoms with Crippen molar-refractivity contribution >= 4 is 16.8 Å². The lowest BCUT2D eigenvalue weighted by Gasteiger charge is -2.38. The van der Waals surface area contributed by atoms with Crippen LogP contribution in [-0.4, -0.2) is 26.7 Å². The van der Waals surface area contributed by atoms with Gasteiger partial charge in [0, 0.05) is 11.2 Å². The zero-order valence-corrected chi connectivity index (χ0v) is 13.4. The summed E-state index contributed by atoms with van der Waals surface area (Å²) < 4.78 is 1.99. The molecule has 0 aliphatic heterocycles. The monoisotopic (exact) mass is 288 g/mol. The zero-order valence-electron chi connectivity index (χ0n) is 13.4. The van der Waals surface area contributed by atoms with Gasteiger partial charge in [-0.3, -0.25) is 4.79 Å². The van der Waals surface area contributed by atoms with Crippen LogP contribution in [-0.2, 0) is 11.3 Å². The predicted octanol–water partition coefficient (Wildman–Crippen LogP) is 2.62. The van der Waals surface area contributed by atoms with Crippen LogP contribution in [0.1, 0.15) is 33.4 Å². The van der Waals surface area contributed by atoms with Gasteiger partial charge in [0.15, 0.2) is 0 Å². The Hall–Kier alpha value is -1.81. The maximum atomic E-state index is 12.3. The number of hydrogen-bond donors (Lipinski definition) is 2. The summed E-state index contributed by atoms with van der Waals surface area (Å²) in [4.78, 5) is 12.3. The van der Waals surface area contributed by atoms with E-state index in [1.54, 1.807) is 13.8 Å². The van der Waals surface area contributed by atoms with Gasteiger partial charge in [0.1, 0.15) is 6.54 Å². The van der Waals surface area contributed by atoms with Crippen LogP contribution in [0.2, 0.25) is 0 Å². The highest BCUT2D eigenvalue weighted by Gasteiger charge is 2.36. The van der Waals surface area contributed by atoms with Crippen LogP contribution in [0.5, 0.6) is 0 Å². The number of nitrogens with zero attached hydrogens (tertiary/aromatic N) is 1. The lowest BCUT2D eigenvalue weighted by atomic mass is 9.86. The molecule has 114 valence electrons. The molecule has 0 atom stereocenters. The van der Waals surface area contributed by atoms with E-state index in [1.165, 1.54) is 0 Å². The molecule has 1 aromatic heterocycles. The first kappa shape index (κ1) is 15.6. The molecule has 4 nitrogen and oxygen atoms in total. The number of carbonyl (C=O) groups excluding carboxylic acids is 1. The molecule has 0 aliphatic rings. The normalized spacial score (nSPS) is 12.7. The third kappa shape index (κ3) is 3.10. The summed E-state index contributed by atoms with van der Waals surface area (Å²) in [5, 5.41) is 14.2. The first-order chi connectivity index (χ1) is 9.62. The van der Waals surface area contributed by atoms with Gasteiger partial charge in [-0.25, -0.2) is 0 Å². The lowest BCUT2D eigenvalue weighted by Crippen LogP contribution is -2.58. The van der Waals surface area contributed by atoms with Crippen LogP contribution in [0, 0.1) is 6.92 Å². The van der Waals surface area contributed by atoms with Crippen molar-refractivity contribution in [2.24, 2.45) is 0 Å². The molecule has 0 aliphatic carbocycles. The van der Waals surface area contributed by atoms with Gasteiger partial charge in [0.05, 0.1) is 11.1 Å². The largest absolute Gasteiger partial charge is 0.388 e. The molecule has 1 aromatic carbocycles. The van der Waals surface area contributed by atoms with E-state index in [-0.39, 0.29) is 12.5 Å². The molecule has 2 N–H and O–H groups in total. The fourth-order valence-corrected chi connectivity index (χ4v) is 2.24. The lowest BCUT2D eigenvalue weighted by molar-refractivity contribution is -0.126. The number of nitrogens with one attached hydrogen (secondary N) is 1. The third-order valence-corrected chi connectivity index (χ3v) is 4.30. The highest BCUT2D eigenvalue weighted by molar-refractivity contribution is 5.84.